The van der Waals surface area contributed by atoms with Gasteiger partial charge in [0, 0.05) is 21.8 Å². The molecule has 1 amide bonds. The lowest BCUT2D eigenvalue weighted by Gasteiger charge is -2.11. The quantitative estimate of drug-likeness (QED) is 0.216. The maximum absolute atomic E-state index is 13.5. The molecule has 0 fully saturated rings. The van der Waals surface area contributed by atoms with Crippen molar-refractivity contribution in [3.8, 4) is 17.2 Å². The van der Waals surface area contributed by atoms with Crippen LogP contribution in [0.5, 0.6) is 0 Å². The zero-order chi connectivity index (χ0) is 26.6. The van der Waals surface area contributed by atoms with Crippen molar-refractivity contribution in [3.05, 3.63) is 112 Å². The van der Waals surface area contributed by atoms with Crippen molar-refractivity contribution in [2.75, 3.05) is 0 Å². The average Bonchev–Trinajstić information content (AvgIpc) is 3.34. The van der Waals surface area contributed by atoms with E-state index in [1.807, 2.05) is 30.3 Å². The molecule has 0 aliphatic carbocycles. The van der Waals surface area contributed by atoms with Gasteiger partial charge < -0.3 is 10.4 Å². The molecule has 0 bridgehead atoms. The molecule has 186 valence electrons. The summed E-state index contributed by atoms with van der Waals surface area (Å²) in [6, 6.07) is 26.7. The lowest BCUT2D eigenvalue weighted by Crippen LogP contribution is -2.23. The minimum Gasteiger partial charge on any atom is -0.478 e. The van der Waals surface area contributed by atoms with Crippen molar-refractivity contribution in [2.24, 2.45) is 0 Å². The van der Waals surface area contributed by atoms with Crippen LogP contribution in [0.4, 0.5) is 0 Å². The Balaban J connectivity index is 1.54. The summed E-state index contributed by atoms with van der Waals surface area (Å²) >= 11 is 7.55. The topological polar surface area (TPSA) is 119 Å². The molecule has 38 heavy (non-hydrogen) atoms. The highest BCUT2D eigenvalue weighted by Crippen LogP contribution is 2.37. The van der Waals surface area contributed by atoms with Crippen LogP contribution >= 0.6 is 23.4 Å². The van der Waals surface area contributed by atoms with Gasteiger partial charge in [0.1, 0.15) is 5.03 Å². The SMILES string of the molecule is N#Cc1cccc(-c2cc(C(=O)NCc3ccc(C(=O)O)cc3)c3c(Sc4cccc(Cl)c4)n[nH]c3c2)c1. The standard InChI is InChI=1S/C29H19ClN4O3S/c30-22-5-2-6-23(14-22)38-28-26-24(27(35)32-16-17-7-9-19(10-8-17)29(36)37)12-21(13-25(26)33-34-28)20-4-1-3-18(11-20)15-31/h1-14H,16H2,(H,32,35)(H,33,34)(H,36,37). The van der Waals surface area contributed by atoms with Crippen LogP contribution in [-0.2, 0) is 6.54 Å². The highest BCUT2D eigenvalue weighted by molar-refractivity contribution is 7.99. The minimum absolute atomic E-state index is 0.176. The molecule has 1 aromatic heterocycles. The molecule has 3 N–H and O–H groups in total. The molecular weight excluding hydrogens is 520 g/mol. The van der Waals surface area contributed by atoms with Crippen LogP contribution in [-0.4, -0.2) is 27.2 Å². The van der Waals surface area contributed by atoms with E-state index in [-0.39, 0.29) is 18.0 Å². The van der Waals surface area contributed by atoms with Crippen LogP contribution in [0.15, 0.2) is 94.9 Å². The predicted octanol–water partition coefficient (Wildman–Crippen LogP) is 6.53. The summed E-state index contributed by atoms with van der Waals surface area (Å²) < 4.78 is 0. The van der Waals surface area contributed by atoms with E-state index in [1.54, 1.807) is 42.5 Å². The summed E-state index contributed by atoms with van der Waals surface area (Å²) in [6.07, 6.45) is 0. The van der Waals surface area contributed by atoms with Crippen molar-refractivity contribution >= 4 is 46.1 Å². The van der Waals surface area contributed by atoms with Crippen LogP contribution < -0.4 is 5.32 Å². The van der Waals surface area contributed by atoms with Crippen molar-refractivity contribution in [1.29, 1.82) is 5.26 Å². The fraction of sp³-hybridized carbons (Fsp3) is 0.0345. The van der Waals surface area contributed by atoms with E-state index < -0.39 is 5.97 Å². The molecule has 5 rings (SSSR count). The maximum atomic E-state index is 13.5. The number of aromatic amines is 1. The smallest absolute Gasteiger partial charge is 0.335 e. The van der Waals surface area contributed by atoms with Crippen LogP contribution in [0.25, 0.3) is 22.0 Å². The number of halogens is 1. The molecule has 0 unspecified atom stereocenters. The Morgan fingerprint density at radius 3 is 2.53 bits per heavy atom. The highest BCUT2D eigenvalue weighted by Gasteiger charge is 2.19. The average molecular weight is 539 g/mol. The molecular formula is C29H19ClN4O3S. The fourth-order valence-electron chi connectivity index (χ4n) is 4.00. The van der Waals surface area contributed by atoms with Gasteiger partial charge >= 0.3 is 5.97 Å². The highest BCUT2D eigenvalue weighted by atomic mass is 35.5. The van der Waals surface area contributed by atoms with Gasteiger partial charge in [-0.3, -0.25) is 9.89 Å². The second kappa shape index (κ2) is 10.8. The third kappa shape index (κ3) is 5.39. The first kappa shape index (κ1) is 25.1. The minimum atomic E-state index is -1.01. The number of hydrogen-bond acceptors (Lipinski definition) is 5. The summed E-state index contributed by atoms with van der Waals surface area (Å²) in [5.41, 5.74) is 4.09. The second-order valence-electron chi connectivity index (χ2n) is 8.41. The van der Waals surface area contributed by atoms with Gasteiger partial charge in [-0.25, -0.2) is 4.79 Å². The molecule has 4 aromatic carbocycles. The molecule has 7 nitrogen and oxygen atoms in total. The van der Waals surface area contributed by atoms with Crippen molar-refractivity contribution in [1.82, 2.24) is 15.5 Å². The first-order valence-corrected chi connectivity index (χ1v) is 12.7. The van der Waals surface area contributed by atoms with E-state index in [2.05, 4.69) is 21.6 Å². The monoisotopic (exact) mass is 538 g/mol. The Morgan fingerprint density at radius 2 is 1.79 bits per heavy atom. The Labute approximate surface area is 227 Å². The van der Waals surface area contributed by atoms with Crippen molar-refractivity contribution in [2.45, 2.75) is 16.5 Å². The van der Waals surface area contributed by atoms with E-state index in [0.717, 1.165) is 21.6 Å². The van der Waals surface area contributed by atoms with Gasteiger partial charge in [-0.05, 0) is 71.3 Å². The number of carbonyl (C=O) groups excluding carboxylic acids is 1. The third-order valence-corrected chi connectivity index (χ3v) is 7.08. The summed E-state index contributed by atoms with van der Waals surface area (Å²) in [6.45, 7) is 0.211. The molecule has 5 aromatic rings. The molecule has 0 spiro atoms. The summed E-state index contributed by atoms with van der Waals surface area (Å²) in [5, 5.41) is 30.8. The van der Waals surface area contributed by atoms with E-state index in [0.29, 0.717) is 32.1 Å². The number of aromatic carboxylic acids is 1. The van der Waals surface area contributed by atoms with E-state index >= 15 is 0 Å². The lowest BCUT2D eigenvalue weighted by atomic mass is 9.98. The van der Waals surface area contributed by atoms with Gasteiger partial charge in [0.2, 0.25) is 0 Å². The number of fused-ring (bicyclic) bond motifs is 1. The number of nitriles is 1. The first-order valence-electron chi connectivity index (χ1n) is 11.5. The number of carboxylic acids is 1. The number of nitrogens with zero attached hydrogens (tertiary/aromatic N) is 2. The normalized spacial score (nSPS) is 10.7. The molecule has 0 aliphatic heterocycles. The van der Waals surface area contributed by atoms with Gasteiger partial charge in [0.05, 0.1) is 28.3 Å². The Hall–Kier alpha value is -4.58. The van der Waals surface area contributed by atoms with Crippen LogP contribution in [0, 0.1) is 11.3 Å². The van der Waals surface area contributed by atoms with Gasteiger partial charge in [-0.2, -0.15) is 10.4 Å². The van der Waals surface area contributed by atoms with Gasteiger partial charge in [0.15, 0.2) is 0 Å². The first-order chi connectivity index (χ1) is 18.4. The Kier molecular flexibility index (Phi) is 7.13. The molecule has 0 radical (unpaired) electrons. The predicted molar refractivity (Wildman–Crippen MR) is 146 cm³/mol. The number of hydrogen-bond donors (Lipinski definition) is 3. The Bertz CT molecular complexity index is 1720. The van der Waals surface area contributed by atoms with Gasteiger partial charge in [0.25, 0.3) is 5.91 Å². The molecule has 0 saturated heterocycles. The fourth-order valence-corrected chi connectivity index (χ4v) is 5.22. The zero-order valence-corrected chi connectivity index (χ0v) is 21.3. The summed E-state index contributed by atoms with van der Waals surface area (Å²) in [4.78, 5) is 25.5. The summed E-state index contributed by atoms with van der Waals surface area (Å²) in [5.74, 6) is -1.32. The molecule has 9 heteroatoms. The van der Waals surface area contributed by atoms with Gasteiger partial charge in [-0.15, -0.1) is 0 Å². The van der Waals surface area contributed by atoms with Crippen molar-refractivity contribution in [3.63, 3.8) is 0 Å². The van der Waals surface area contributed by atoms with Gasteiger partial charge in [-0.1, -0.05) is 53.7 Å². The van der Waals surface area contributed by atoms with Crippen LogP contribution in [0.2, 0.25) is 5.02 Å². The number of carbonyl (C=O) groups is 2. The molecule has 0 aliphatic rings. The summed E-state index contributed by atoms with van der Waals surface area (Å²) in [7, 11) is 0. The zero-order valence-electron chi connectivity index (χ0n) is 19.7. The largest absolute Gasteiger partial charge is 0.478 e. The molecule has 1 heterocycles. The number of carboxylic acid groups (broad SMARTS) is 1. The third-order valence-electron chi connectivity index (χ3n) is 5.86. The number of H-pyrrole nitrogens is 1. The number of amides is 1. The Morgan fingerprint density at radius 1 is 1.00 bits per heavy atom. The number of benzene rings is 4. The number of aromatic nitrogens is 2. The maximum Gasteiger partial charge on any atom is 0.335 e. The lowest BCUT2D eigenvalue weighted by molar-refractivity contribution is 0.0696. The van der Waals surface area contributed by atoms with E-state index in [9.17, 15) is 14.9 Å². The van der Waals surface area contributed by atoms with E-state index in [1.165, 1.54) is 23.9 Å². The van der Waals surface area contributed by atoms with Crippen molar-refractivity contribution < 1.29 is 14.7 Å². The molecule has 0 atom stereocenters. The number of rotatable bonds is 7. The van der Waals surface area contributed by atoms with Crippen LogP contribution in [0.3, 0.4) is 0 Å². The molecule has 0 saturated carbocycles. The number of nitrogens with one attached hydrogen (secondary N) is 2. The van der Waals surface area contributed by atoms with E-state index in [4.69, 9.17) is 16.7 Å². The van der Waals surface area contributed by atoms with Crippen LogP contribution in [0.1, 0.15) is 31.8 Å². The second-order valence-corrected chi connectivity index (χ2v) is 9.91.